The molecule has 1 amide bonds. The smallest absolute Gasteiger partial charge is 0.240 e. The van der Waals surface area contributed by atoms with Gasteiger partial charge in [0.15, 0.2) is 0 Å². The van der Waals surface area contributed by atoms with Gasteiger partial charge in [-0.25, -0.2) is 13.1 Å². The van der Waals surface area contributed by atoms with Crippen molar-refractivity contribution in [2.24, 2.45) is 0 Å². The summed E-state index contributed by atoms with van der Waals surface area (Å²) in [5.74, 6) is -0.0268. The Hall–Kier alpha value is -1.93. The van der Waals surface area contributed by atoms with E-state index in [1.165, 1.54) is 0 Å². The number of nitrogens with zero attached hydrogens (tertiary/aromatic N) is 2. The molecule has 0 aromatic heterocycles. The van der Waals surface area contributed by atoms with E-state index in [4.69, 9.17) is 11.6 Å². The number of hydrogen-bond acceptors (Lipinski definition) is 4. The van der Waals surface area contributed by atoms with Crippen LogP contribution in [0.15, 0.2) is 47.4 Å². The molecule has 30 heavy (non-hydrogen) atoms. The van der Waals surface area contributed by atoms with Crippen LogP contribution in [0, 0.1) is 13.8 Å². The van der Waals surface area contributed by atoms with Gasteiger partial charge in [-0.15, -0.1) is 0 Å². The van der Waals surface area contributed by atoms with Gasteiger partial charge >= 0.3 is 0 Å². The van der Waals surface area contributed by atoms with Crippen molar-refractivity contribution in [1.82, 2.24) is 14.5 Å². The molecule has 2 aromatic carbocycles. The summed E-state index contributed by atoms with van der Waals surface area (Å²) in [6.07, 6.45) is 0.151. The molecule has 6 nitrogen and oxygen atoms in total. The van der Waals surface area contributed by atoms with Crippen molar-refractivity contribution in [2.75, 3.05) is 32.7 Å². The molecule has 0 atom stereocenters. The summed E-state index contributed by atoms with van der Waals surface area (Å²) in [6, 6.07) is 13.1. The highest BCUT2D eigenvalue weighted by Gasteiger charge is 2.22. The zero-order valence-electron chi connectivity index (χ0n) is 17.4. The number of benzene rings is 2. The first-order valence-corrected chi connectivity index (χ1v) is 11.9. The van der Waals surface area contributed by atoms with Crippen LogP contribution in [-0.2, 0) is 21.4 Å². The molecule has 1 aliphatic heterocycles. The Kier molecular flexibility index (Phi) is 7.52. The third-order valence-electron chi connectivity index (χ3n) is 5.28. The van der Waals surface area contributed by atoms with Crippen LogP contribution in [0.2, 0.25) is 5.02 Å². The van der Waals surface area contributed by atoms with Crippen LogP contribution in [0.4, 0.5) is 0 Å². The Morgan fingerprint density at radius 1 is 1.07 bits per heavy atom. The molecule has 0 unspecified atom stereocenters. The van der Waals surface area contributed by atoms with Crippen molar-refractivity contribution in [2.45, 2.75) is 31.7 Å². The van der Waals surface area contributed by atoms with Crippen molar-refractivity contribution >= 4 is 27.5 Å². The summed E-state index contributed by atoms with van der Waals surface area (Å²) in [7, 11) is -3.63. The molecule has 0 bridgehead atoms. The summed E-state index contributed by atoms with van der Waals surface area (Å²) in [5.41, 5.74) is 2.73. The van der Waals surface area contributed by atoms with Gasteiger partial charge in [-0.05, 0) is 48.7 Å². The fourth-order valence-electron chi connectivity index (χ4n) is 3.57. The van der Waals surface area contributed by atoms with Crippen molar-refractivity contribution in [3.63, 3.8) is 0 Å². The van der Waals surface area contributed by atoms with Crippen LogP contribution in [0.3, 0.4) is 0 Å². The summed E-state index contributed by atoms with van der Waals surface area (Å²) >= 11 is 6.04. The molecular formula is C22H28ClN3O3S. The van der Waals surface area contributed by atoms with Gasteiger partial charge in [0.1, 0.15) is 0 Å². The second kappa shape index (κ2) is 9.92. The lowest BCUT2D eigenvalue weighted by molar-refractivity contribution is -0.132. The van der Waals surface area contributed by atoms with Crippen LogP contribution in [-0.4, -0.2) is 56.8 Å². The molecule has 3 rings (SSSR count). The number of carbonyl (C=O) groups excluding carboxylic acids is 1. The minimum atomic E-state index is -3.63. The monoisotopic (exact) mass is 449 g/mol. The van der Waals surface area contributed by atoms with Gasteiger partial charge in [-0.1, -0.05) is 35.9 Å². The molecule has 1 fully saturated rings. The lowest BCUT2D eigenvalue weighted by Gasteiger charge is -2.34. The Morgan fingerprint density at radius 3 is 2.50 bits per heavy atom. The summed E-state index contributed by atoms with van der Waals surface area (Å²) in [4.78, 5) is 16.9. The molecule has 0 radical (unpaired) electrons. The highest BCUT2D eigenvalue weighted by molar-refractivity contribution is 7.89. The minimum Gasteiger partial charge on any atom is -0.340 e. The SMILES string of the molecule is Cc1ccc(C)c(S(=O)(=O)NCCC(=O)N2CCN(Cc3cccc(Cl)c3)CC2)c1. The maximum Gasteiger partial charge on any atom is 0.240 e. The summed E-state index contributed by atoms with van der Waals surface area (Å²) < 4.78 is 27.7. The average Bonchev–Trinajstić information content (AvgIpc) is 2.70. The van der Waals surface area contributed by atoms with Crippen molar-refractivity contribution < 1.29 is 13.2 Å². The molecule has 2 aromatic rings. The number of amides is 1. The van der Waals surface area contributed by atoms with Crippen LogP contribution in [0.5, 0.6) is 0 Å². The van der Waals surface area contributed by atoms with Gasteiger partial charge < -0.3 is 4.90 Å². The summed E-state index contributed by atoms with van der Waals surface area (Å²) in [6.45, 7) is 7.37. The van der Waals surface area contributed by atoms with Crippen LogP contribution < -0.4 is 4.72 Å². The van der Waals surface area contributed by atoms with Gasteiger partial charge in [0, 0.05) is 50.7 Å². The Balaban J connectivity index is 1.45. The minimum absolute atomic E-state index is 0.0268. The fraction of sp³-hybridized carbons (Fsp3) is 0.409. The Labute approximate surface area is 183 Å². The van der Waals surface area contributed by atoms with Crippen molar-refractivity contribution in [3.8, 4) is 0 Å². The Bertz CT molecular complexity index is 1000. The van der Waals surface area contributed by atoms with Crippen LogP contribution in [0.1, 0.15) is 23.1 Å². The molecule has 0 aliphatic carbocycles. The number of piperazine rings is 1. The molecule has 1 N–H and O–H groups in total. The molecule has 1 aliphatic rings. The first kappa shape index (κ1) is 22.7. The van der Waals surface area contributed by atoms with Gasteiger partial charge in [0.25, 0.3) is 0 Å². The predicted octanol–water partition coefficient (Wildman–Crippen LogP) is 2.97. The number of carbonyl (C=O) groups is 1. The van der Waals surface area contributed by atoms with Gasteiger partial charge in [-0.2, -0.15) is 0 Å². The van der Waals surface area contributed by atoms with Crippen molar-refractivity contribution in [3.05, 3.63) is 64.2 Å². The van der Waals surface area contributed by atoms with E-state index in [0.29, 0.717) is 18.7 Å². The lowest BCUT2D eigenvalue weighted by atomic mass is 10.2. The maximum absolute atomic E-state index is 12.6. The Morgan fingerprint density at radius 2 is 1.80 bits per heavy atom. The van der Waals surface area contributed by atoms with E-state index in [-0.39, 0.29) is 23.8 Å². The van der Waals surface area contributed by atoms with Crippen molar-refractivity contribution in [1.29, 1.82) is 0 Å². The highest BCUT2D eigenvalue weighted by Crippen LogP contribution is 2.17. The third-order valence-corrected chi connectivity index (χ3v) is 7.12. The van der Waals surface area contributed by atoms with Crippen LogP contribution in [0.25, 0.3) is 0 Å². The normalized spacial score (nSPS) is 15.4. The van der Waals surface area contributed by atoms with E-state index in [9.17, 15) is 13.2 Å². The fourth-order valence-corrected chi connectivity index (χ4v) is 5.15. The molecule has 0 saturated carbocycles. The molecule has 1 heterocycles. The summed E-state index contributed by atoms with van der Waals surface area (Å²) in [5, 5.41) is 0.727. The third kappa shape index (κ3) is 6.04. The topological polar surface area (TPSA) is 69.7 Å². The first-order valence-electron chi connectivity index (χ1n) is 10.1. The second-order valence-corrected chi connectivity index (χ2v) is 9.88. The molecule has 8 heteroatoms. The number of rotatable bonds is 7. The first-order chi connectivity index (χ1) is 14.2. The number of halogens is 1. The molecule has 162 valence electrons. The van der Waals surface area contributed by atoms with E-state index in [1.54, 1.807) is 24.0 Å². The van der Waals surface area contributed by atoms with Gasteiger partial charge in [-0.3, -0.25) is 9.69 Å². The zero-order valence-corrected chi connectivity index (χ0v) is 19.0. The predicted molar refractivity (Wildman–Crippen MR) is 119 cm³/mol. The highest BCUT2D eigenvalue weighted by atomic mass is 35.5. The quantitative estimate of drug-likeness (QED) is 0.705. The number of aryl methyl sites for hydroxylation is 2. The zero-order chi connectivity index (χ0) is 21.7. The molecule has 0 spiro atoms. The van der Waals surface area contributed by atoms with E-state index < -0.39 is 10.0 Å². The standard InChI is InChI=1S/C22H28ClN3O3S/c1-17-6-7-18(2)21(14-17)30(28,29)24-9-8-22(27)26-12-10-25(11-13-26)16-19-4-3-5-20(23)15-19/h3-7,14-15,24H,8-13,16H2,1-2H3. The lowest BCUT2D eigenvalue weighted by Crippen LogP contribution is -2.48. The molecular weight excluding hydrogens is 422 g/mol. The molecule has 1 saturated heterocycles. The van der Waals surface area contributed by atoms with E-state index in [1.807, 2.05) is 37.3 Å². The number of hydrogen-bond donors (Lipinski definition) is 1. The number of sulfonamides is 1. The number of nitrogens with one attached hydrogen (secondary N) is 1. The second-order valence-electron chi connectivity index (χ2n) is 7.70. The van der Waals surface area contributed by atoms with Crippen LogP contribution >= 0.6 is 11.6 Å². The van der Waals surface area contributed by atoms with E-state index in [2.05, 4.69) is 9.62 Å². The van der Waals surface area contributed by atoms with E-state index in [0.717, 1.165) is 35.8 Å². The van der Waals surface area contributed by atoms with E-state index >= 15 is 0 Å². The largest absolute Gasteiger partial charge is 0.340 e. The van der Waals surface area contributed by atoms with Gasteiger partial charge in [0.05, 0.1) is 4.90 Å². The average molecular weight is 450 g/mol. The maximum atomic E-state index is 12.6. The van der Waals surface area contributed by atoms with Gasteiger partial charge in [0.2, 0.25) is 15.9 Å².